The molecule has 2 heterocycles. The molecule has 3 rings (SSSR count). The van der Waals surface area contributed by atoms with Crippen LogP contribution in [0.15, 0.2) is 40.1 Å². The van der Waals surface area contributed by atoms with Crippen molar-refractivity contribution in [2.75, 3.05) is 19.8 Å². The normalized spacial score (nSPS) is 14.6. The Labute approximate surface area is 165 Å². The Kier molecular flexibility index (Phi) is 6.38. The van der Waals surface area contributed by atoms with Crippen LogP contribution in [0.25, 0.3) is 5.69 Å². The van der Waals surface area contributed by atoms with Crippen LogP contribution < -0.4 is 11.2 Å². The number of rotatable bonds is 6. The van der Waals surface area contributed by atoms with E-state index in [0.29, 0.717) is 13.2 Å². The molecule has 154 valence electrons. The SMILES string of the molecule is CCOC(=O)C(=O)c1cn(CC2CCOCC2)c(=O)n(-c2ccc(F)cc2)c1=O. The zero-order chi connectivity index (χ0) is 21.0. The van der Waals surface area contributed by atoms with Gasteiger partial charge in [0, 0.05) is 26.0 Å². The van der Waals surface area contributed by atoms with Crippen LogP contribution in [-0.4, -0.2) is 40.7 Å². The van der Waals surface area contributed by atoms with E-state index in [2.05, 4.69) is 0 Å². The lowest BCUT2D eigenvalue weighted by Crippen LogP contribution is -2.43. The van der Waals surface area contributed by atoms with Crippen molar-refractivity contribution in [3.8, 4) is 5.69 Å². The predicted molar refractivity (Wildman–Crippen MR) is 101 cm³/mol. The van der Waals surface area contributed by atoms with Crippen LogP contribution in [0.5, 0.6) is 0 Å². The summed E-state index contributed by atoms with van der Waals surface area (Å²) in [7, 11) is 0. The fraction of sp³-hybridized carbons (Fsp3) is 0.400. The molecule has 0 aliphatic carbocycles. The molecule has 1 saturated heterocycles. The molecular formula is C20H21FN2O6. The molecule has 0 saturated carbocycles. The number of ketones is 1. The third kappa shape index (κ3) is 4.51. The monoisotopic (exact) mass is 404 g/mol. The van der Waals surface area contributed by atoms with E-state index in [0.717, 1.165) is 35.7 Å². The van der Waals surface area contributed by atoms with E-state index in [9.17, 15) is 23.6 Å². The maximum atomic E-state index is 13.3. The largest absolute Gasteiger partial charge is 0.460 e. The van der Waals surface area contributed by atoms with Crippen LogP contribution in [-0.2, 0) is 20.8 Å². The van der Waals surface area contributed by atoms with E-state index in [4.69, 9.17) is 9.47 Å². The molecule has 1 aromatic carbocycles. The second kappa shape index (κ2) is 8.95. The molecule has 0 N–H and O–H groups in total. The molecule has 8 nitrogen and oxygen atoms in total. The first kappa shape index (κ1) is 20.7. The number of carbonyl (C=O) groups is 2. The molecule has 0 radical (unpaired) electrons. The standard InChI is InChI=1S/C20H21FN2O6/c1-2-29-19(26)17(24)16-12-22(11-13-7-9-28-10-8-13)20(27)23(18(16)25)15-5-3-14(21)4-6-15/h3-6,12-13H,2,7-11H2,1H3. The Morgan fingerprint density at radius 3 is 2.45 bits per heavy atom. The molecule has 0 amide bonds. The van der Waals surface area contributed by atoms with Crippen LogP contribution in [0, 0.1) is 11.7 Å². The molecule has 0 spiro atoms. The number of Topliss-reactive ketones (excluding diaryl/α,β-unsaturated/α-hetero) is 1. The third-order valence-electron chi connectivity index (χ3n) is 4.74. The minimum atomic E-state index is -1.17. The molecule has 29 heavy (non-hydrogen) atoms. The summed E-state index contributed by atoms with van der Waals surface area (Å²) in [6.07, 6.45) is 2.56. The Morgan fingerprint density at radius 1 is 1.17 bits per heavy atom. The summed E-state index contributed by atoms with van der Waals surface area (Å²) in [6, 6.07) is 4.72. The molecular weight excluding hydrogens is 383 g/mol. The van der Waals surface area contributed by atoms with Gasteiger partial charge in [-0.1, -0.05) is 0 Å². The Hall–Kier alpha value is -3.07. The quantitative estimate of drug-likeness (QED) is 0.409. The van der Waals surface area contributed by atoms with Gasteiger partial charge in [-0.05, 0) is 49.9 Å². The minimum absolute atomic E-state index is 0.0293. The van der Waals surface area contributed by atoms with Crippen LogP contribution in [0.4, 0.5) is 4.39 Å². The van der Waals surface area contributed by atoms with Crippen LogP contribution in [0.2, 0.25) is 0 Å². The zero-order valence-corrected chi connectivity index (χ0v) is 15.9. The molecule has 1 aromatic heterocycles. The number of aromatic nitrogens is 2. The number of halogens is 1. The van der Waals surface area contributed by atoms with Gasteiger partial charge < -0.3 is 9.47 Å². The van der Waals surface area contributed by atoms with E-state index in [-0.39, 0.29) is 24.8 Å². The van der Waals surface area contributed by atoms with Gasteiger partial charge in [-0.25, -0.2) is 18.5 Å². The maximum absolute atomic E-state index is 13.3. The van der Waals surface area contributed by atoms with Gasteiger partial charge in [0.1, 0.15) is 11.4 Å². The van der Waals surface area contributed by atoms with E-state index >= 15 is 0 Å². The fourth-order valence-corrected chi connectivity index (χ4v) is 3.22. The highest BCUT2D eigenvalue weighted by Crippen LogP contribution is 2.16. The summed E-state index contributed by atoms with van der Waals surface area (Å²) in [5, 5.41) is 0. The van der Waals surface area contributed by atoms with Crippen molar-refractivity contribution in [2.24, 2.45) is 5.92 Å². The Bertz CT molecular complexity index is 1020. The summed E-state index contributed by atoms with van der Waals surface area (Å²) >= 11 is 0. The smallest absolute Gasteiger partial charge is 0.379 e. The maximum Gasteiger partial charge on any atom is 0.379 e. The number of carbonyl (C=O) groups excluding carboxylic acids is 2. The first-order valence-electron chi connectivity index (χ1n) is 9.34. The lowest BCUT2D eigenvalue weighted by Gasteiger charge is -2.23. The number of hydrogen-bond donors (Lipinski definition) is 0. The number of nitrogens with zero attached hydrogens (tertiary/aromatic N) is 2. The number of ether oxygens (including phenoxy) is 2. The molecule has 0 bridgehead atoms. The minimum Gasteiger partial charge on any atom is -0.460 e. The van der Waals surface area contributed by atoms with Gasteiger partial charge in [0.2, 0.25) is 0 Å². The molecule has 0 atom stereocenters. The molecule has 2 aromatic rings. The highest BCUT2D eigenvalue weighted by molar-refractivity contribution is 6.40. The van der Waals surface area contributed by atoms with Crippen molar-refractivity contribution < 1.29 is 23.5 Å². The average Bonchev–Trinajstić information content (AvgIpc) is 2.72. The second-order valence-electron chi connectivity index (χ2n) is 6.70. The van der Waals surface area contributed by atoms with Crippen molar-refractivity contribution >= 4 is 11.8 Å². The van der Waals surface area contributed by atoms with Crippen molar-refractivity contribution in [1.29, 1.82) is 0 Å². The average molecular weight is 404 g/mol. The van der Waals surface area contributed by atoms with Gasteiger partial charge in [-0.15, -0.1) is 0 Å². The number of benzene rings is 1. The van der Waals surface area contributed by atoms with E-state index in [1.165, 1.54) is 23.6 Å². The summed E-state index contributed by atoms with van der Waals surface area (Å²) in [5.41, 5.74) is -2.00. The number of hydrogen-bond acceptors (Lipinski definition) is 6. The lowest BCUT2D eigenvalue weighted by atomic mass is 10.0. The third-order valence-corrected chi connectivity index (χ3v) is 4.74. The topological polar surface area (TPSA) is 96.6 Å². The first-order chi connectivity index (χ1) is 13.9. The van der Waals surface area contributed by atoms with Crippen molar-refractivity contribution in [1.82, 2.24) is 9.13 Å². The number of esters is 1. The van der Waals surface area contributed by atoms with E-state index in [1.807, 2.05) is 0 Å². The van der Waals surface area contributed by atoms with Gasteiger partial charge in [0.05, 0.1) is 12.3 Å². The van der Waals surface area contributed by atoms with Crippen LogP contribution >= 0.6 is 0 Å². The van der Waals surface area contributed by atoms with Crippen molar-refractivity contribution in [3.05, 3.63) is 62.7 Å². The summed E-state index contributed by atoms with van der Waals surface area (Å²) in [6.45, 7) is 2.89. The van der Waals surface area contributed by atoms with Crippen molar-refractivity contribution in [2.45, 2.75) is 26.3 Å². The Balaban J connectivity index is 2.13. The van der Waals surface area contributed by atoms with Gasteiger partial charge in [0.25, 0.3) is 11.3 Å². The predicted octanol–water partition coefficient (Wildman–Crippen LogP) is 1.31. The molecule has 0 unspecified atom stereocenters. The molecule has 1 fully saturated rings. The van der Waals surface area contributed by atoms with Gasteiger partial charge in [0.15, 0.2) is 0 Å². The Morgan fingerprint density at radius 2 is 1.83 bits per heavy atom. The molecule has 1 aliphatic heterocycles. The van der Waals surface area contributed by atoms with Gasteiger partial charge in [-0.3, -0.25) is 14.2 Å². The molecule has 9 heteroatoms. The summed E-state index contributed by atoms with van der Waals surface area (Å²) in [5.74, 6) is -2.73. The zero-order valence-electron chi connectivity index (χ0n) is 15.9. The fourth-order valence-electron chi connectivity index (χ4n) is 3.22. The highest BCUT2D eigenvalue weighted by atomic mass is 19.1. The second-order valence-corrected chi connectivity index (χ2v) is 6.70. The van der Waals surface area contributed by atoms with Gasteiger partial charge in [-0.2, -0.15) is 0 Å². The van der Waals surface area contributed by atoms with Crippen LogP contribution in [0.1, 0.15) is 30.1 Å². The highest BCUT2D eigenvalue weighted by Gasteiger charge is 2.26. The first-order valence-corrected chi connectivity index (χ1v) is 9.34. The van der Waals surface area contributed by atoms with Crippen LogP contribution in [0.3, 0.4) is 0 Å². The summed E-state index contributed by atoms with van der Waals surface area (Å²) in [4.78, 5) is 50.2. The van der Waals surface area contributed by atoms with E-state index < -0.39 is 34.4 Å². The summed E-state index contributed by atoms with van der Waals surface area (Å²) < 4.78 is 25.3. The lowest BCUT2D eigenvalue weighted by molar-refractivity contribution is -0.137. The van der Waals surface area contributed by atoms with E-state index in [1.54, 1.807) is 0 Å². The molecule has 1 aliphatic rings. The van der Waals surface area contributed by atoms with Gasteiger partial charge >= 0.3 is 11.7 Å². The van der Waals surface area contributed by atoms with Crippen molar-refractivity contribution in [3.63, 3.8) is 0 Å².